The zero-order valence-electron chi connectivity index (χ0n) is 49.6. The average Bonchev–Trinajstić information content (AvgIpc) is 1.56. The van der Waals surface area contributed by atoms with E-state index in [0.29, 0.717) is 0 Å². The number of nitrogens with zero attached hydrogens (tertiary/aromatic N) is 1. The number of rotatable bonds is 7. The molecule has 0 saturated heterocycles. The molecule has 1 aromatic heterocycles. The Morgan fingerprint density at radius 3 is 1.03 bits per heavy atom. The van der Waals surface area contributed by atoms with Gasteiger partial charge in [0.25, 0.3) is 0 Å². The Hall–Kier alpha value is -11.3. The van der Waals surface area contributed by atoms with Gasteiger partial charge < -0.3 is 0 Å². The summed E-state index contributed by atoms with van der Waals surface area (Å²) < 4.78 is 1.20. The van der Waals surface area contributed by atoms with Crippen LogP contribution in [0.4, 0.5) is 0 Å². The Labute approximate surface area is 533 Å². The number of fused-ring (bicyclic) bond motifs is 19. The highest BCUT2D eigenvalue weighted by molar-refractivity contribution is 7.21. The molecule has 0 bridgehead atoms. The molecule has 0 aliphatic heterocycles. The normalized spacial score (nSPS) is 13.5. The van der Waals surface area contributed by atoms with E-state index in [9.17, 15) is 0 Å². The highest BCUT2D eigenvalue weighted by Gasteiger charge is 2.59. The molecule has 1 nitrogen and oxygen atoms in total. The van der Waals surface area contributed by atoms with Gasteiger partial charge in [-0.1, -0.05) is 303 Å². The summed E-state index contributed by atoms with van der Waals surface area (Å²) in [6, 6.07) is 126. The van der Waals surface area contributed by atoms with Crippen LogP contribution in [0.25, 0.3) is 131 Å². The van der Waals surface area contributed by atoms with Gasteiger partial charge in [-0.2, -0.15) is 0 Å². The van der Waals surface area contributed by atoms with E-state index in [1.807, 2.05) is 0 Å². The maximum atomic E-state index is 5.04. The number of aromatic nitrogens is 1. The third kappa shape index (κ3) is 7.43. The lowest BCUT2D eigenvalue weighted by molar-refractivity contribution is 0.633. The first-order chi connectivity index (χ1) is 45.1. The summed E-state index contributed by atoms with van der Waals surface area (Å²) in [4.78, 5) is 5.04. The van der Waals surface area contributed by atoms with Crippen molar-refractivity contribution in [2.75, 3.05) is 0 Å². The Bertz CT molecular complexity index is 5530. The number of para-hydroxylation sites is 1. The van der Waals surface area contributed by atoms with Gasteiger partial charge >= 0.3 is 0 Å². The lowest BCUT2D eigenvalue weighted by atomic mass is 9.52. The molecule has 1 heterocycles. The van der Waals surface area contributed by atoms with Gasteiger partial charge in [-0.25, -0.2) is 4.98 Å². The summed E-state index contributed by atoms with van der Waals surface area (Å²) in [5.41, 5.74) is 31.0. The fourth-order valence-corrected chi connectivity index (χ4v) is 17.5. The average molecular weight is 1170 g/mol. The van der Waals surface area contributed by atoms with Crippen molar-refractivity contribution in [3.63, 3.8) is 0 Å². The standard InChI is InChI=1S/C89H55NS/c1-3-23-57(24-4-1)63-27-7-9-33-69(63)85-72-51-48-61(54-74(72)86(70-34-10-8-28-64(70)58-25-5-2-6-26-58)71-50-47-60(53-73(71)85)56-43-45-59(46-44-56)87-90-83-41-21-22-42-84(83)91-87)62-49-52-81-82(55-62)89(77-37-17-13-31-67(77)68-32-14-18-38-78(68)89)80-40-20-19-39-79(80)88(81)75-35-15-11-29-65(75)66-30-12-16-36-76(66)88/h1-55H. The van der Waals surface area contributed by atoms with Gasteiger partial charge in [0.2, 0.25) is 0 Å². The van der Waals surface area contributed by atoms with Crippen molar-refractivity contribution in [2.45, 2.75) is 10.8 Å². The third-order valence-electron chi connectivity index (χ3n) is 20.2. The predicted octanol–water partition coefficient (Wildman–Crippen LogP) is 23.3. The zero-order valence-corrected chi connectivity index (χ0v) is 50.4. The van der Waals surface area contributed by atoms with E-state index in [1.54, 1.807) is 11.3 Å². The zero-order chi connectivity index (χ0) is 59.8. The molecule has 16 aromatic rings. The van der Waals surface area contributed by atoms with E-state index >= 15 is 0 Å². The molecule has 0 saturated carbocycles. The van der Waals surface area contributed by atoms with Crippen LogP contribution in [0.5, 0.6) is 0 Å². The van der Waals surface area contributed by atoms with Crippen LogP contribution < -0.4 is 0 Å². The van der Waals surface area contributed by atoms with Crippen molar-refractivity contribution >= 4 is 43.1 Å². The summed E-state index contributed by atoms with van der Waals surface area (Å²) in [6.45, 7) is 0. The SMILES string of the molecule is c1ccc(-c2ccccc2-c2c3ccc(-c4ccc5c(c4)C4(c6ccccc6-c6ccccc64)c4ccccc4C54c5ccccc5-c5ccccc54)cc3c(-c3ccccc3-c3ccccc3)c3ccc(-c4ccc(-c5nc6ccccc6s5)cc4)cc23)cc1. The molecular weight excluding hydrogens is 1120 g/mol. The predicted molar refractivity (Wildman–Crippen MR) is 381 cm³/mol. The molecule has 19 rings (SSSR count). The molecule has 0 fully saturated rings. The molecule has 2 heteroatoms. The molecule has 0 radical (unpaired) electrons. The first-order valence-corrected chi connectivity index (χ1v) is 32.4. The largest absolute Gasteiger partial charge is 0.236 e. The molecule has 0 N–H and O–H groups in total. The molecular formula is C89H55NS. The summed E-state index contributed by atoms with van der Waals surface area (Å²) in [5.74, 6) is 0. The van der Waals surface area contributed by atoms with Gasteiger partial charge in [0, 0.05) is 5.56 Å². The summed E-state index contributed by atoms with van der Waals surface area (Å²) in [6.07, 6.45) is 0. The lowest BCUT2D eigenvalue weighted by Gasteiger charge is -2.49. The van der Waals surface area contributed by atoms with E-state index in [1.165, 1.54) is 143 Å². The second-order valence-corrected chi connectivity index (χ2v) is 25.7. The summed E-state index contributed by atoms with van der Waals surface area (Å²) in [7, 11) is 0. The third-order valence-corrected chi connectivity index (χ3v) is 21.3. The van der Waals surface area contributed by atoms with Crippen molar-refractivity contribution in [3.8, 4) is 99.6 Å². The molecule has 15 aromatic carbocycles. The minimum atomic E-state index is -0.623. The molecule has 0 unspecified atom stereocenters. The van der Waals surface area contributed by atoms with Crippen molar-refractivity contribution in [1.29, 1.82) is 0 Å². The number of thiazole rings is 1. The lowest BCUT2D eigenvalue weighted by Crippen LogP contribution is -2.43. The highest BCUT2D eigenvalue weighted by Crippen LogP contribution is 2.68. The van der Waals surface area contributed by atoms with Gasteiger partial charge in [0.05, 0.1) is 21.0 Å². The molecule has 0 amide bonds. The van der Waals surface area contributed by atoms with Crippen LogP contribution in [-0.4, -0.2) is 4.98 Å². The summed E-state index contributed by atoms with van der Waals surface area (Å²) >= 11 is 1.74. The van der Waals surface area contributed by atoms with Crippen molar-refractivity contribution < 1.29 is 0 Å². The van der Waals surface area contributed by atoms with Crippen LogP contribution in [0, 0.1) is 0 Å². The smallest absolute Gasteiger partial charge is 0.124 e. The fraction of sp³-hybridized carbons (Fsp3) is 0.0225. The van der Waals surface area contributed by atoms with E-state index in [0.717, 1.165) is 32.8 Å². The Morgan fingerprint density at radius 2 is 0.549 bits per heavy atom. The first kappa shape index (κ1) is 51.7. The maximum absolute atomic E-state index is 5.04. The summed E-state index contributed by atoms with van der Waals surface area (Å²) in [5, 5.41) is 5.82. The van der Waals surface area contributed by atoms with Gasteiger partial charge in [-0.05, 0) is 185 Å². The van der Waals surface area contributed by atoms with Gasteiger partial charge in [-0.3, -0.25) is 0 Å². The highest BCUT2D eigenvalue weighted by atomic mass is 32.1. The van der Waals surface area contributed by atoms with Gasteiger partial charge in [0.1, 0.15) is 5.01 Å². The second-order valence-electron chi connectivity index (χ2n) is 24.6. The van der Waals surface area contributed by atoms with Crippen molar-refractivity contribution in [2.24, 2.45) is 0 Å². The van der Waals surface area contributed by atoms with Crippen LogP contribution in [-0.2, 0) is 10.8 Å². The topological polar surface area (TPSA) is 12.9 Å². The van der Waals surface area contributed by atoms with Crippen LogP contribution in [0.1, 0.15) is 44.5 Å². The Morgan fingerprint density at radius 1 is 0.209 bits per heavy atom. The van der Waals surface area contributed by atoms with Crippen molar-refractivity contribution in [1.82, 2.24) is 4.98 Å². The van der Waals surface area contributed by atoms with E-state index < -0.39 is 10.8 Å². The van der Waals surface area contributed by atoms with Gasteiger partial charge in [-0.15, -0.1) is 11.3 Å². The van der Waals surface area contributed by atoms with Crippen LogP contribution in [0.2, 0.25) is 0 Å². The molecule has 0 atom stereocenters. The molecule has 422 valence electrons. The van der Waals surface area contributed by atoms with E-state index in [2.05, 4.69) is 334 Å². The molecule has 3 aliphatic carbocycles. The molecule has 91 heavy (non-hydrogen) atoms. The van der Waals surface area contributed by atoms with Crippen LogP contribution >= 0.6 is 11.3 Å². The van der Waals surface area contributed by atoms with E-state index in [-0.39, 0.29) is 0 Å². The monoisotopic (exact) mass is 1170 g/mol. The minimum Gasteiger partial charge on any atom is -0.236 e. The number of hydrogen-bond donors (Lipinski definition) is 0. The number of benzene rings is 15. The van der Waals surface area contributed by atoms with Crippen LogP contribution in [0.3, 0.4) is 0 Å². The Kier molecular flexibility index (Phi) is 11.4. The minimum absolute atomic E-state index is 0.579. The van der Waals surface area contributed by atoms with Crippen molar-refractivity contribution in [3.05, 3.63) is 378 Å². The molecule has 2 spiro atoms. The quantitative estimate of drug-likeness (QED) is 0.145. The van der Waals surface area contributed by atoms with Crippen LogP contribution in [0.15, 0.2) is 334 Å². The second kappa shape index (κ2) is 20.1. The van der Waals surface area contributed by atoms with E-state index in [4.69, 9.17) is 4.98 Å². The maximum Gasteiger partial charge on any atom is 0.124 e. The van der Waals surface area contributed by atoms with Gasteiger partial charge in [0.15, 0.2) is 0 Å². The molecule has 3 aliphatic rings. The Balaban J connectivity index is 0.905. The first-order valence-electron chi connectivity index (χ1n) is 31.6. The number of hydrogen-bond acceptors (Lipinski definition) is 2. The fourth-order valence-electron chi connectivity index (χ4n) is 16.5.